The van der Waals surface area contributed by atoms with Crippen LogP contribution in [0.5, 0.6) is 17.2 Å². The number of methoxy groups -OCH3 is 3. The highest BCUT2D eigenvalue weighted by Crippen LogP contribution is 2.42. The number of nitrogens with zero attached hydrogens (tertiary/aromatic N) is 1. The van der Waals surface area contributed by atoms with Gasteiger partial charge in [0.05, 0.1) is 21.3 Å². The van der Waals surface area contributed by atoms with E-state index >= 15 is 0 Å². The van der Waals surface area contributed by atoms with Gasteiger partial charge < -0.3 is 19.9 Å². The number of hydrogen-bond donors (Lipinski definition) is 2. The molecule has 1 aromatic carbocycles. The van der Waals surface area contributed by atoms with Gasteiger partial charge in [-0.1, -0.05) is 0 Å². The third-order valence-electron chi connectivity index (χ3n) is 2.93. The second-order valence-corrected chi connectivity index (χ2v) is 4.02. The molecule has 0 aliphatic heterocycles. The fraction of sp³-hybridized carbons (Fsp3) is 0.308. The summed E-state index contributed by atoms with van der Waals surface area (Å²) in [7, 11) is 4.72. The first kappa shape index (κ1) is 13.1. The van der Waals surface area contributed by atoms with Crippen LogP contribution in [0.1, 0.15) is 5.69 Å². The Balaban J connectivity index is 2.66. The number of benzene rings is 1. The minimum Gasteiger partial charge on any atom is -0.493 e. The molecule has 6 nitrogen and oxygen atoms in total. The predicted octanol–water partition coefficient (Wildman–Crippen LogP) is 1.99. The number of anilines is 1. The fourth-order valence-electron chi connectivity index (χ4n) is 2.04. The molecule has 0 aliphatic carbocycles. The average Bonchev–Trinajstić information content (AvgIpc) is 2.76. The van der Waals surface area contributed by atoms with E-state index in [1.165, 1.54) is 0 Å². The summed E-state index contributed by atoms with van der Waals surface area (Å²) in [5.41, 5.74) is 8.45. The van der Waals surface area contributed by atoms with Crippen molar-refractivity contribution in [1.29, 1.82) is 0 Å². The van der Waals surface area contributed by atoms with Gasteiger partial charge in [0.25, 0.3) is 0 Å². The Labute approximate surface area is 111 Å². The zero-order valence-electron chi connectivity index (χ0n) is 11.4. The molecule has 0 fully saturated rings. The second-order valence-electron chi connectivity index (χ2n) is 4.02. The molecule has 6 heteroatoms. The largest absolute Gasteiger partial charge is 0.493 e. The molecule has 0 spiro atoms. The van der Waals surface area contributed by atoms with E-state index < -0.39 is 0 Å². The molecule has 0 radical (unpaired) electrons. The van der Waals surface area contributed by atoms with Crippen LogP contribution in [0, 0.1) is 6.92 Å². The van der Waals surface area contributed by atoms with E-state index in [2.05, 4.69) is 10.2 Å². The molecule has 3 N–H and O–H groups in total. The van der Waals surface area contributed by atoms with Crippen LogP contribution in [0.25, 0.3) is 11.1 Å². The van der Waals surface area contributed by atoms with Crippen LogP contribution < -0.4 is 19.9 Å². The van der Waals surface area contributed by atoms with E-state index in [0.717, 1.165) is 16.8 Å². The zero-order valence-corrected chi connectivity index (χ0v) is 11.4. The highest BCUT2D eigenvalue weighted by Gasteiger charge is 2.17. The second kappa shape index (κ2) is 5.09. The van der Waals surface area contributed by atoms with Crippen molar-refractivity contribution >= 4 is 5.82 Å². The molecule has 0 saturated heterocycles. The Morgan fingerprint density at radius 1 is 1.05 bits per heavy atom. The van der Waals surface area contributed by atoms with Gasteiger partial charge in [-0.15, -0.1) is 0 Å². The molecule has 2 aromatic rings. The van der Waals surface area contributed by atoms with Gasteiger partial charge in [-0.2, -0.15) is 5.10 Å². The van der Waals surface area contributed by atoms with Gasteiger partial charge in [0.2, 0.25) is 5.75 Å². The van der Waals surface area contributed by atoms with E-state index in [9.17, 15) is 0 Å². The molecule has 2 rings (SSSR count). The quantitative estimate of drug-likeness (QED) is 0.881. The fourth-order valence-corrected chi connectivity index (χ4v) is 2.04. The van der Waals surface area contributed by atoms with Crippen molar-refractivity contribution in [1.82, 2.24) is 10.2 Å². The Bertz CT molecular complexity index is 548. The number of aromatic amines is 1. The number of hydrogen-bond acceptors (Lipinski definition) is 5. The van der Waals surface area contributed by atoms with Crippen molar-refractivity contribution < 1.29 is 14.2 Å². The highest BCUT2D eigenvalue weighted by molar-refractivity contribution is 5.79. The van der Waals surface area contributed by atoms with Crippen molar-refractivity contribution in [3.8, 4) is 28.4 Å². The lowest BCUT2D eigenvalue weighted by Gasteiger charge is -2.14. The first-order chi connectivity index (χ1) is 9.12. The van der Waals surface area contributed by atoms with Gasteiger partial charge >= 0.3 is 0 Å². The van der Waals surface area contributed by atoms with E-state index in [0.29, 0.717) is 23.1 Å². The molecule has 1 heterocycles. The number of nitrogen functional groups attached to an aromatic ring is 1. The van der Waals surface area contributed by atoms with Crippen LogP contribution in [-0.4, -0.2) is 31.5 Å². The number of nitrogens with two attached hydrogens (primary N) is 1. The SMILES string of the molecule is COc1cc(-c2c(N)n[nH]c2C)cc(OC)c1OC. The summed E-state index contributed by atoms with van der Waals surface area (Å²) >= 11 is 0. The normalized spacial score (nSPS) is 10.3. The predicted molar refractivity (Wildman–Crippen MR) is 72.8 cm³/mol. The lowest BCUT2D eigenvalue weighted by atomic mass is 10.0. The maximum atomic E-state index is 5.87. The number of H-pyrrole nitrogens is 1. The minimum absolute atomic E-state index is 0.437. The number of aromatic nitrogens is 2. The van der Waals surface area contributed by atoms with Gasteiger partial charge in [0.1, 0.15) is 0 Å². The monoisotopic (exact) mass is 263 g/mol. The van der Waals surface area contributed by atoms with Crippen LogP contribution in [0.15, 0.2) is 12.1 Å². The van der Waals surface area contributed by atoms with E-state index in [1.54, 1.807) is 21.3 Å². The molecular formula is C13H17N3O3. The zero-order chi connectivity index (χ0) is 14.0. The van der Waals surface area contributed by atoms with E-state index in [1.807, 2.05) is 19.1 Å². The van der Waals surface area contributed by atoms with Crippen molar-refractivity contribution in [2.75, 3.05) is 27.1 Å². The van der Waals surface area contributed by atoms with E-state index in [-0.39, 0.29) is 0 Å². The summed E-state index contributed by atoms with van der Waals surface area (Å²) in [6.07, 6.45) is 0. The summed E-state index contributed by atoms with van der Waals surface area (Å²) in [6, 6.07) is 3.69. The lowest BCUT2D eigenvalue weighted by molar-refractivity contribution is 0.324. The molecule has 1 aromatic heterocycles. The van der Waals surface area contributed by atoms with Gasteiger partial charge in [-0.05, 0) is 24.6 Å². The third-order valence-corrected chi connectivity index (χ3v) is 2.93. The molecule has 0 unspecified atom stereocenters. The maximum Gasteiger partial charge on any atom is 0.203 e. The summed E-state index contributed by atoms with van der Waals surface area (Å²) < 4.78 is 15.9. The Kier molecular flexibility index (Phi) is 3.50. The summed E-state index contributed by atoms with van der Waals surface area (Å²) in [6.45, 7) is 1.90. The average molecular weight is 263 g/mol. The first-order valence-corrected chi connectivity index (χ1v) is 5.73. The summed E-state index contributed by atoms with van der Waals surface area (Å²) in [5.74, 6) is 2.15. The highest BCUT2D eigenvalue weighted by atomic mass is 16.5. The number of aryl methyl sites for hydroxylation is 1. The summed E-state index contributed by atoms with van der Waals surface area (Å²) in [5, 5.41) is 6.84. The molecule has 19 heavy (non-hydrogen) atoms. The van der Waals surface area contributed by atoms with Gasteiger partial charge in [-0.3, -0.25) is 5.10 Å². The molecule has 0 saturated carbocycles. The van der Waals surface area contributed by atoms with Gasteiger partial charge in [-0.25, -0.2) is 0 Å². The Morgan fingerprint density at radius 2 is 1.63 bits per heavy atom. The van der Waals surface area contributed by atoms with E-state index in [4.69, 9.17) is 19.9 Å². The number of nitrogens with one attached hydrogen (secondary N) is 1. The van der Waals surface area contributed by atoms with Crippen molar-refractivity contribution in [3.05, 3.63) is 17.8 Å². The maximum absolute atomic E-state index is 5.87. The molecular weight excluding hydrogens is 246 g/mol. The third kappa shape index (κ3) is 2.16. The number of rotatable bonds is 4. The molecule has 102 valence electrons. The smallest absolute Gasteiger partial charge is 0.203 e. The van der Waals surface area contributed by atoms with Gasteiger partial charge in [0, 0.05) is 11.3 Å². The van der Waals surface area contributed by atoms with Crippen molar-refractivity contribution in [2.45, 2.75) is 6.92 Å². The molecule has 0 amide bonds. The minimum atomic E-state index is 0.437. The topological polar surface area (TPSA) is 82.4 Å². The summed E-state index contributed by atoms with van der Waals surface area (Å²) in [4.78, 5) is 0. The Hall–Kier alpha value is -2.37. The molecule has 0 aliphatic rings. The van der Waals surface area contributed by atoms with Crippen LogP contribution >= 0.6 is 0 Å². The lowest BCUT2D eigenvalue weighted by Crippen LogP contribution is -1.96. The van der Waals surface area contributed by atoms with Crippen LogP contribution in [0.2, 0.25) is 0 Å². The van der Waals surface area contributed by atoms with Crippen LogP contribution in [-0.2, 0) is 0 Å². The molecule has 0 atom stereocenters. The van der Waals surface area contributed by atoms with Crippen LogP contribution in [0.4, 0.5) is 5.82 Å². The van der Waals surface area contributed by atoms with Gasteiger partial charge in [0.15, 0.2) is 17.3 Å². The standard InChI is InChI=1S/C13H17N3O3/c1-7-11(13(14)16-15-7)8-5-9(17-2)12(19-4)10(6-8)18-3/h5-6H,1-4H3,(H3,14,15,16). The first-order valence-electron chi connectivity index (χ1n) is 5.73. The Morgan fingerprint density at radius 3 is 2.00 bits per heavy atom. The van der Waals surface area contributed by atoms with Crippen molar-refractivity contribution in [3.63, 3.8) is 0 Å². The number of ether oxygens (including phenoxy) is 3. The molecule has 0 bridgehead atoms. The van der Waals surface area contributed by atoms with Crippen LogP contribution in [0.3, 0.4) is 0 Å². The van der Waals surface area contributed by atoms with Crippen molar-refractivity contribution in [2.24, 2.45) is 0 Å².